The highest BCUT2D eigenvalue weighted by Gasteiger charge is 2.43. The summed E-state index contributed by atoms with van der Waals surface area (Å²) in [7, 11) is 0. The lowest BCUT2D eigenvalue weighted by Crippen LogP contribution is -2.39. The third kappa shape index (κ3) is 4.54. The number of anilines is 1. The third-order valence-electron chi connectivity index (χ3n) is 6.58. The molecule has 2 aliphatic rings. The third-order valence-corrected chi connectivity index (χ3v) is 6.58. The summed E-state index contributed by atoms with van der Waals surface area (Å²) < 4.78 is 5.82. The predicted octanol–water partition coefficient (Wildman–Crippen LogP) is 5.35. The highest BCUT2D eigenvalue weighted by Crippen LogP contribution is 2.38. The van der Waals surface area contributed by atoms with Crippen LogP contribution >= 0.6 is 0 Å². The van der Waals surface area contributed by atoms with Gasteiger partial charge in [-0.15, -0.1) is 0 Å². The second-order valence-corrected chi connectivity index (χ2v) is 9.81. The van der Waals surface area contributed by atoms with Crippen LogP contribution in [0, 0.1) is 25.7 Å². The molecular weight excluding hydrogens is 412 g/mol. The Balaban J connectivity index is 1.76. The van der Waals surface area contributed by atoms with Crippen LogP contribution in [0.5, 0.6) is 5.75 Å². The van der Waals surface area contributed by atoms with Crippen LogP contribution in [0.1, 0.15) is 50.3 Å². The fourth-order valence-corrected chi connectivity index (χ4v) is 4.64. The van der Waals surface area contributed by atoms with Gasteiger partial charge in [-0.25, -0.2) is 4.90 Å². The number of nitrogens with zero attached hydrogens (tertiary/aromatic N) is 2. The Hall–Kier alpha value is -3.08. The van der Waals surface area contributed by atoms with Gasteiger partial charge in [-0.05, 0) is 73.4 Å². The van der Waals surface area contributed by atoms with Gasteiger partial charge in [0.25, 0.3) is 11.8 Å². The molecule has 0 radical (unpaired) electrons. The summed E-state index contributed by atoms with van der Waals surface area (Å²) in [6, 6.07) is 13.3. The largest absolute Gasteiger partial charge is 0.493 e. The average Bonchev–Trinajstić information content (AvgIpc) is 3.04. The zero-order chi connectivity index (χ0) is 23.7. The van der Waals surface area contributed by atoms with Crippen molar-refractivity contribution in [1.29, 1.82) is 0 Å². The van der Waals surface area contributed by atoms with E-state index in [-0.39, 0.29) is 11.8 Å². The van der Waals surface area contributed by atoms with Crippen molar-refractivity contribution in [3.8, 4) is 5.75 Å². The van der Waals surface area contributed by atoms with Gasteiger partial charge in [0.15, 0.2) is 0 Å². The van der Waals surface area contributed by atoms with E-state index in [0.717, 1.165) is 48.4 Å². The zero-order valence-electron chi connectivity index (χ0n) is 20.4. The summed E-state index contributed by atoms with van der Waals surface area (Å²) in [5, 5.41) is 0. The van der Waals surface area contributed by atoms with Crippen molar-refractivity contribution >= 4 is 23.1 Å². The Morgan fingerprint density at radius 3 is 2.42 bits per heavy atom. The van der Waals surface area contributed by atoms with Crippen LogP contribution < -0.4 is 9.64 Å². The highest BCUT2D eigenvalue weighted by atomic mass is 16.5. The Morgan fingerprint density at radius 1 is 1.03 bits per heavy atom. The Kier molecular flexibility index (Phi) is 6.59. The Bertz CT molecular complexity index is 1080. The van der Waals surface area contributed by atoms with Crippen molar-refractivity contribution in [2.45, 2.75) is 47.5 Å². The van der Waals surface area contributed by atoms with E-state index in [1.165, 1.54) is 4.90 Å². The number of likely N-dealkylation sites (tertiary alicyclic amines) is 1. The maximum atomic E-state index is 13.8. The van der Waals surface area contributed by atoms with Crippen LogP contribution in [-0.4, -0.2) is 36.4 Å². The first-order valence-corrected chi connectivity index (χ1v) is 12.0. The molecule has 0 aromatic heterocycles. The monoisotopic (exact) mass is 446 g/mol. The summed E-state index contributed by atoms with van der Waals surface area (Å²) in [6.07, 6.45) is 2.16. The van der Waals surface area contributed by atoms with E-state index in [9.17, 15) is 9.59 Å². The predicted molar refractivity (Wildman–Crippen MR) is 132 cm³/mol. The van der Waals surface area contributed by atoms with Gasteiger partial charge < -0.3 is 9.64 Å². The number of ether oxygens (including phenoxy) is 1. The van der Waals surface area contributed by atoms with Crippen LogP contribution in [0.15, 0.2) is 48.2 Å². The molecule has 1 atom stereocenters. The van der Waals surface area contributed by atoms with E-state index in [1.807, 2.05) is 56.3 Å². The summed E-state index contributed by atoms with van der Waals surface area (Å²) in [6.45, 7) is 12.6. The van der Waals surface area contributed by atoms with Gasteiger partial charge in [-0.3, -0.25) is 9.59 Å². The summed E-state index contributed by atoms with van der Waals surface area (Å²) in [5.74, 6) is 1.21. The summed E-state index contributed by atoms with van der Waals surface area (Å²) in [4.78, 5) is 31.1. The standard InChI is InChI=1S/C28H34N2O3/c1-18(2)17-33-23-13-11-22(12-14-23)25-26(29-15-7-8-19(3)16-29)28(32)30(27(25)31)24-10-6-9-20(4)21(24)5/h6,9-14,18-19H,7-8,15-17H2,1-5H3. The molecule has 0 saturated carbocycles. The molecule has 2 aromatic rings. The van der Waals surface area contributed by atoms with Crippen LogP contribution in [0.4, 0.5) is 5.69 Å². The molecule has 5 nitrogen and oxygen atoms in total. The van der Waals surface area contributed by atoms with Crippen molar-refractivity contribution < 1.29 is 14.3 Å². The molecule has 1 saturated heterocycles. The molecule has 174 valence electrons. The fraction of sp³-hybridized carbons (Fsp3) is 0.429. The van der Waals surface area contributed by atoms with E-state index in [4.69, 9.17) is 4.74 Å². The van der Waals surface area contributed by atoms with Crippen LogP contribution in [0.2, 0.25) is 0 Å². The SMILES string of the molecule is Cc1cccc(N2C(=O)C(c3ccc(OCC(C)C)cc3)=C(N3CCCC(C)C3)C2=O)c1C. The first kappa shape index (κ1) is 23.1. The first-order chi connectivity index (χ1) is 15.8. The van der Waals surface area contributed by atoms with Crippen molar-refractivity contribution in [2.75, 3.05) is 24.6 Å². The summed E-state index contributed by atoms with van der Waals surface area (Å²) >= 11 is 0. The number of carbonyl (C=O) groups is 2. The van der Waals surface area contributed by atoms with Crippen LogP contribution in [0.3, 0.4) is 0 Å². The highest BCUT2D eigenvalue weighted by molar-refractivity contribution is 6.45. The quantitative estimate of drug-likeness (QED) is 0.561. The van der Waals surface area contributed by atoms with E-state index in [2.05, 4.69) is 25.7 Å². The van der Waals surface area contributed by atoms with Gasteiger partial charge in [-0.1, -0.05) is 45.0 Å². The molecule has 0 bridgehead atoms. The first-order valence-electron chi connectivity index (χ1n) is 12.0. The normalized spacial score (nSPS) is 19.2. The molecule has 4 rings (SSSR count). The summed E-state index contributed by atoms with van der Waals surface area (Å²) in [5.41, 5.74) is 4.45. The Morgan fingerprint density at radius 2 is 1.76 bits per heavy atom. The number of aryl methyl sites for hydroxylation is 1. The minimum atomic E-state index is -0.252. The number of amides is 2. The van der Waals surface area contributed by atoms with Gasteiger partial charge in [0.2, 0.25) is 0 Å². The lowest BCUT2D eigenvalue weighted by atomic mass is 9.97. The maximum absolute atomic E-state index is 13.8. The van der Waals surface area contributed by atoms with E-state index in [0.29, 0.717) is 35.4 Å². The number of piperidine rings is 1. The number of benzene rings is 2. The minimum absolute atomic E-state index is 0.224. The molecule has 1 fully saturated rings. The van der Waals surface area contributed by atoms with Gasteiger partial charge in [0.1, 0.15) is 11.4 Å². The van der Waals surface area contributed by atoms with Gasteiger partial charge in [-0.2, -0.15) is 0 Å². The van der Waals surface area contributed by atoms with Crippen LogP contribution in [-0.2, 0) is 9.59 Å². The van der Waals surface area contributed by atoms with Gasteiger partial charge in [0.05, 0.1) is 17.9 Å². The van der Waals surface area contributed by atoms with E-state index >= 15 is 0 Å². The van der Waals surface area contributed by atoms with E-state index in [1.54, 1.807) is 0 Å². The molecule has 2 amide bonds. The average molecular weight is 447 g/mol. The molecule has 33 heavy (non-hydrogen) atoms. The molecule has 1 unspecified atom stereocenters. The lowest BCUT2D eigenvalue weighted by molar-refractivity contribution is -0.120. The van der Waals surface area contributed by atoms with Gasteiger partial charge in [0, 0.05) is 13.1 Å². The van der Waals surface area contributed by atoms with Crippen molar-refractivity contribution in [3.05, 3.63) is 64.9 Å². The second-order valence-electron chi connectivity index (χ2n) is 9.81. The fourth-order valence-electron chi connectivity index (χ4n) is 4.64. The van der Waals surface area contributed by atoms with Crippen molar-refractivity contribution in [1.82, 2.24) is 4.90 Å². The molecule has 5 heteroatoms. The lowest BCUT2D eigenvalue weighted by Gasteiger charge is -2.33. The molecule has 0 aliphatic carbocycles. The molecule has 2 aliphatic heterocycles. The van der Waals surface area contributed by atoms with Crippen molar-refractivity contribution in [2.24, 2.45) is 11.8 Å². The number of hydrogen-bond acceptors (Lipinski definition) is 4. The second kappa shape index (κ2) is 9.42. The molecular formula is C28H34N2O3. The topological polar surface area (TPSA) is 49.9 Å². The molecule has 2 heterocycles. The molecule has 0 spiro atoms. The smallest absolute Gasteiger partial charge is 0.282 e. The number of carbonyl (C=O) groups excluding carboxylic acids is 2. The number of hydrogen-bond donors (Lipinski definition) is 0. The van der Waals surface area contributed by atoms with E-state index < -0.39 is 0 Å². The number of imide groups is 1. The molecule has 0 N–H and O–H groups in total. The Labute approximate surface area is 197 Å². The minimum Gasteiger partial charge on any atom is -0.493 e. The maximum Gasteiger partial charge on any atom is 0.282 e. The van der Waals surface area contributed by atoms with Crippen LogP contribution in [0.25, 0.3) is 5.57 Å². The van der Waals surface area contributed by atoms with Gasteiger partial charge >= 0.3 is 0 Å². The molecule has 2 aromatic carbocycles. The number of rotatable bonds is 6. The van der Waals surface area contributed by atoms with Crippen molar-refractivity contribution in [3.63, 3.8) is 0 Å². The zero-order valence-corrected chi connectivity index (χ0v) is 20.4.